The zero-order chi connectivity index (χ0) is 12.4. The maximum absolute atomic E-state index is 5.80. The number of aromatic nitrogens is 2. The highest BCUT2D eigenvalue weighted by Gasteiger charge is 2.13. The molecule has 2 aromatic heterocycles. The van der Waals surface area contributed by atoms with E-state index in [1.54, 1.807) is 6.07 Å². The number of hydrogen-bond acceptors (Lipinski definition) is 4. The zero-order valence-electron chi connectivity index (χ0n) is 9.99. The molecule has 4 nitrogen and oxygen atoms in total. The molecule has 0 aliphatic heterocycles. The molecule has 0 saturated carbocycles. The first-order chi connectivity index (χ1) is 8.06. The van der Waals surface area contributed by atoms with Gasteiger partial charge in [-0.15, -0.1) is 0 Å². The summed E-state index contributed by atoms with van der Waals surface area (Å²) in [5.74, 6) is 2.53. The Morgan fingerprint density at radius 1 is 1.29 bits per heavy atom. The van der Waals surface area contributed by atoms with Crippen LogP contribution in [0.2, 0.25) is 5.15 Å². The summed E-state index contributed by atoms with van der Waals surface area (Å²) in [5, 5.41) is 3.68. The fourth-order valence-electron chi connectivity index (χ4n) is 1.79. The first-order valence-corrected chi connectivity index (χ1v) is 5.75. The molecule has 0 spiro atoms. The van der Waals surface area contributed by atoms with Crippen LogP contribution in [-0.4, -0.2) is 9.97 Å². The number of rotatable bonds is 3. The lowest BCUT2D eigenvalue weighted by Crippen LogP contribution is -2.08. The lowest BCUT2D eigenvalue weighted by Gasteiger charge is -2.13. The van der Waals surface area contributed by atoms with Crippen molar-refractivity contribution >= 4 is 17.4 Å². The monoisotopic (exact) mass is 251 g/mol. The second-order valence-electron chi connectivity index (χ2n) is 3.96. The summed E-state index contributed by atoms with van der Waals surface area (Å²) in [7, 11) is 0. The second-order valence-corrected chi connectivity index (χ2v) is 4.35. The topological polar surface area (TPSA) is 51.0 Å². The molecule has 17 heavy (non-hydrogen) atoms. The van der Waals surface area contributed by atoms with E-state index in [4.69, 9.17) is 16.0 Å². The Kier molecular flexibility index (Phi) is 3.33. The molecule has 0 bridgehead atoms. The van der Waals surface area contributed by atoms with Crippen molar-refractivity contribution in [1.82, 2.24) is 9.97 Å². The SMILES string of the molecule is Cc1cc(C(C)Nc2cc(Cl)ncn2)c(C)o1. The Bertz CT molecular complexity index is 524. The maximum atomic E-state index is 5.80. The summed E-state index contributed by atoms with van der Waals surface area (Å²) >= 11 is 5.80. The molecular formula is C12H14ClN3O. The van der Waals surface area contributed by atoms with E-state index >= 15 is 0 Å². The molecule has 0 aliphatic rings. The molecule has 5 heteroatoms. The molecule has 0 radical (unpaired) electrons. The van der Waals surface area contributed by atoms with Crippen molar-refractivity contribution in [1.29, 1.82) is 0 Å². The third-order valence-corrected chi connectivity index (χ3v) is 2.75. The first kappa shape index (κ1) is 11.9. The summed E-state index contributed by atoms with van der Waals surface area (Å²) < 4.78 is 5.50. The van der Waals surface area contributed by atoms with Gasteiger partial charge in [-0.1, -0.05) is 11.6 Å². The average molecular weight is 252 g/mol. The molecule has 0 saturated heterocycles. The molecule has 1 N–H and O–H groups in total. The molecular weight excluding hydrogens is 238 g/mol. The fourth-order valence-corrected chi connectivity index (χ4v) is 1.94. The van der Waals surface area contributed by atoms with Crippen molar-refractivity contribution in [3.8, 4) is 0 Å². The highest BCUT2D eigenvalue weighted by Crippen LogP contribution is 2.24. The van der Waals surface area contributed by atoms with Gasteiger partial charge in [0.25, 0.3) is 0 Å². The van der Waals surface area contributed by atoms with Crippen LogP contribution in [0, 0.1) is 13.8 Å². The lowest BCUT2D eigenvalue weighted by molar-refractivity contribution is 0.500. The van der Waals surface area contributed by atoms with Crippen LogP contribution in [-0.2, 0) is 0 Å². The van der Waals surface area contributed by atoms with Crippen LogP contribution in [0.15, 0.2) is 22.9 Å². The normalized spacial score (nSPS) is 12.5. The predicted octanol–water partition coefficient (Wildman–Crippen LogP) is 3.51. The van der Waals surface area contributed by atoms with E-state index in [0.717, 1.165) is 17.1 Å². The number of aryl methyl sites for hydroxylation is 2. The summed E-state index contributed by atoms with van der Waals surface area (Å²) in [5.41, 5.74) is 1.12. The second kappa shape index (κ2) is 4.75. The van der Waals surface area contributed by atoms with Gasteiger partial charge in [0.1, 0.15) is 28.8 Å². The van der Waals surface area contributed by atoms with Gasteiger partial charge in [-0.3, -0.25) is 0 Å². The molecule has 1 atom stereocenters. The Labute approximate surface area is 105 Å². The van der Waals surface area contributed by atoms with Crippen molar-refractivity contribution < 1.29 is 4.42 Å². The van der Waals surface area contributed by atoms with Crippen LogP contribution in [0.3, 0.4) is 0 Å². The van der Waals surface area contributed by atoms with Gasteiger partial charge >= 0.3 is 0 Å². The zero-order valence-corrected chi connectivity index (χ0v) is 10.7. The minimum absolute atomic E-state index is 0.110. The summed E-state index contributed by atoms with van der Waals surface area (Å²) in [6, 6.07) is 3.83. The Hall–Kier alpha value is -1.55. The van der Waals surface area contributed by atoms with Crippen molar-refractivity contribution in [3.05, 3.63) is 40.7 Å². The number of halogens is 1. The molecule has 90 valence electrons. The summed E-state index contributed by atoms with van der Waals surface area (Å²) in [6.07, 6.45) is 1.44. The van der Waals surface area contributed by atoms with Gasteiger partial charge < -0.3 is 9.73 Å². The van der Waals surface area contributed by atoms with Crippen LogP contribution in [0.1, 0.15) is 30.0 Å². The molecule has 0 aliphatic carbocycles. The van der Waals surface area contributed by atoms with Crippen LogP contribution < -0.4 is 5.32 Å². The third kappa shape index (κ3) is 2.77. The van der Waals surface area contributed by atoms with E-state index in [1.807, 2.05) is 26.8 Å². The Morgan fingerprint density at radius 2 is 2.06 bits per heavy atom. The number of furan rings is 1. The Balaban J connectivity index is 2.16. The average Bonchev–Trinajstić information content (AvgIpc) is 2.58. The van der Waals surface area contributed by atoms with E-state index in [9.17, 15) is 0 Å². The van der Waals surface area contributed by atoms with E-state index < -0.39 is 0 Å². The lowest BCUT2D eigenvalue weighted by atomic mass is 10.1. The van der Waals surface area contributed by atoms with Gasteiger partial charge in [-0.25, -0.2) is 9.97 Å². The van der Waals surface area contributed by atoms with Crippen LogP contribution >= 0.6 is 11.6 Å². The standard InChI is InChI=1S/C12H14ClN3O/c1-7-4-10(9(3)17-7)8(2)16-12-5-11(13)14-6-15-12/h4-6,8H,1-3H3,(H,14,15,16). The summed E-state index contributed by atoms with van der Waals surface area (Å²) in [4.78, 5) is 7.94. The molecule has 0 fully saturated rings. The molecule has 0 aromatic carbocycles. The van der Waals surface area contributed by atoms with Crippen LogP contribution in [0.5, 0.6) is 0 Å². The van der Waals surface area contributed by atoms with Gasteiger partial charge in [-0.05, 0) is 26.8 Å². The van der Waals surface area contributed by atoms with Gasteiger partial charge in [0.15, 0.2) is 0 Å². The van der Waals surface area contributed by atoms with Gasteiger partial charge in [0.05, 0.1) is 6.04 Å². The van der Waals surface area contributed by atoms with Gasteiger partial charge in [-0.2, -0.15) is 0 Å². The quantitative estimate of drug-likeness (QED) is 0.848. The van der Waals surface area contributed by atoms with E-state index in [2.05, 4.69) is 15.3 Å². The smallest absolute Gasteiger partial charge is 0.134 e. The number of hydrogen-bond donors (Lipinski definition) is 1. The highest BCUT2D eigenvalue weighted by atomic mass is 35.5. The fraction of sp³-hybridized carbons (Fsp3) is 0.333. The molecule has 2 aromatic rings. The van der Waals surface area contributed by atoms with E-state index in [0.29, 0.717) is 11.0 Å². The molecule has 2 rings (SSSR count). The van der Waals surface area contributed by atoms with Gasteiger partial charge in [0.2, 0.25) is 0 Å². The largest absolute Gasteiger partial charge is 0.466 e. The third-order valence-electron chi connectivity index (χ3n) is 2.54. The number of nitrogens with one attached hydrogen (secondary N) is 1. The molecule has 2 heterocycles. The van der Waals surface area contributed by atoms with Crippen LogP contribution in [0.4, 0.5) is 5.82 Å². The van der Waals surface area contributed by atoms with Crippen molar-refractivity contribution in [2.24, 2.45) is 0 Å². The van der Waals surface area contributed by atoms with Crippen molar-refractivity contribution in [3.63, 3.8) is 0 Å². The van der Waals surface area contributed by atoms with Crippen molar-refractivity contribution in [2.45, 2.75) is 26.8 Å². The minimum atomic E-state index is 0.110. The molecule has 0 amide bonds. The number of nitrogens with zero attached hydrogens (tertiary/aromatic N) is 2. The van der Waals surface area contributed by atoms with E-state index in [1.165, 1.54) is 6.33 Å². The van der Waals surface area contributed by atoms with Crippen molar-refractivity contribution in [2.75, 3.05) is 5.32 Å². The maximum Gasteiger partial charge on any atom is 0.134 e. The minimum Gasteiger partial charge on any atom is -0.466 e. The highest BCUT2D eigenvalue weighted by molar-refractivity contribution is 6.29. The first-order valence-electron chi connectivity index (χ1n) is 5.37. The summed E-state index contributed by atoms with van der Waals surface area (Å²) in [6.45, 7) is 5.94. The Morgan fingerprint density at radius 3 is 2.65 bits per heavy atom. The van der Waals surface area contributed by atoms with E-state index in [-0.39, 0.29) is 6.04 Å². The molecule has 1 unspecified atom stereocenters. The number of anilines is 1. The predicted molar refractivity (Wildman–Crippen MR) is 67.3 cm³/mol. The van der Waals surface area contributed by atoms with Crippen LogP contribution in [0.25, 0.3) is 0 Å². The van der Waals surface area contributed by atoms with Gasteiger partial charge in [0, 0.05) is 11.6 Å².